The predicted molar refractivity (Wildman–Crippen MR) is 56.0 cm³/mol. The molecule has 0 heterocycles. The van der Waals surface area contributed by atoms with E-state index in [9.17, 15) is 4.79 Å². The minimum atomic E-state index is 0.0194. The molecule has 82 valence electrons. The Bertz CT molecular complexity index is 182. The van der Waals surface area contributed by atoms with E-state index >= 15 is 0 Å². The van der Waals surface area contributed by atoms with Gasteiger partial charge in [-0.1, -0.05) is 19.8 Å². The zero-order valence-corrected chi connectivity index (χ0v) is 9.21. The third kappa shape index (κ3) is 3.66. The summed E-state index contributed by atoms with van der Waals surface area (Å²) in [5.41, 5.74) is 0. The molecule has 0 aliphatic heterocycles. The van der Waals surface area contributed by atoms with Crippen molar-refractivity contribution in [3.63, 3.8) is 0 Å². The van der Waals surface area contributed by atoms with Crippen LogP contribution in [0.4, 0.5) is 0 Å². The highest BCUT2D eigenvalue weighted by Crippen LogP contribution is 2.30. The van der Waals surface area contributed by atoms with Gasteiger partial charge in [0.15, 0.2) is 0 Å². The van der Waals surface area contributed by atoms with Gasteiger partial charge in [-0.05, 0) is 25.2 Å². The van der Waals surface area contributed by atoms with Crippen LogP contribution in [0.2, 0.25) is 0 Å². The molecule has 1 saturated carbocycles. The Labute approximate surface area is 86.2 Å². The Morgan fingerprint density at radius 2 is 2.29 bits per heavy atom. The maximum absolute atomic E-state index is 11.2. The fourth-order valence-corrected chi connectivity index (χ4v) is 2.02. The summed E-state index contributed by atoms with van der Waals surface area (Å²) in [6.07, 6.45) is 3.88. The van der Waals surface area contributed by atoms with E-state index in [0.717, 1.165) is 12.5 Å². The fourth-order valence-electron chi connectivity index (χ4n) is 2.02. The van der Waals surface area contributed by atoms with E-state index in [1.165, 1.54) is 19.3 Å². The largest absolute Gasteiger partial charge is 0.372 e. The minimum Gasteiger partial charge on any atom is -0.372 e. The first kappa shape index (κ1) is 11.5. The van der Waals surface area contributed by atoms with Gasteiger partial charge in [-0.2, -0.15) is 0 Å². The Balaban J connectivity index is 2.10. The van der Waals surface area contributed by atoms with Crippen LogP contribution in [0.3, 0.4) is 0 Å². The lowest BCUT2D eigenvalue weighted by Gasteiger charge is -2.15. The van der Waals surface area contributed by atoms with Crippen molar-refractivity contribution in [2.45, 2.75) is 33.1 Å². The summed E-state index contributed by atoms with van der Waals surface area (Å²) in [4.78, 5) is 11.2. The Morgan fingerprint density at radius 3 is 2.86 bits per heavy atom. The molecule has 2 unspecified atom stereocenters. The summed E-state index contributed by atoms with van der Waals surface area (Å²) in [5, 5.41) is 2.93. The predicted octanol–water partition coefficient (Wildman–Crippen LogP) is 1.58. The van der Waals surface area contributed by atoms with Crippen molar-refractivity contribution < 1.29 is 9.53 Å². The van der Waals surface area contributed by atoms with E-state index in [1.807, 2.05) is 6.92 Å². The molecule has 0 bridgehead atoms. The number of ether oxygens (including phenoxy) is 1. The molecule has 14 heavy (non-hydrogen) atoms. The quantitative estimate of drug-likeness (QED) is 0.730. The van der Waals surface area contributed by atoms with E-state index in [-0.39, 0.29) is 12.5 Å². The third-order valence-electron chi connectivity index (χ3n) is 3.04. The zero-order chi connectivity index (χ0) is 10.4. The van der Waals surface area contributed by atoms with Gasteiger partial charge in [0.05, 0.1) is 0 Å². The van der Waals surface area contributed by atoms with Crippen LogP contribution in [0.15, 0.2) is 0 Å². The third-order valence-corrected chi connectivity index (χ3v) is 3.04. The SMILES string of the molecule is CCOCC(=O)NCC1CCCC1C. The molecule has 0 spiro atoms. The second-order valence-electron chi connectivity index (χ2n) is 4.11. The van der Waals surface area contributed by atoms with Gasteiger partial charge in [0, 0.05) is 13.2 Å². The van der Waals surface area contributed by atoms with Gasteiger partial charge in [-0.25, -0.2) is 0 Å². The van der Waals surface area contributed by atoms with Crippen molar-refractivity contribution in [2.75, 3.05) is 19.8 Å². The molecule has 1 amide bonds. The molecular formula is C11H21NO2. The highest BCUT2D eigenvalue weighted by molar-refractivity contribution is 5.77. The van der Waals surface area contributed by atoms with Crippen LogP contribution < -0.4 is 5.32 Å². The van der Waals surface area contributed by atoms with Gasteiger partial charge in [-0.15, -0.1) is 0 Å². The Morgan fingerprint density at radius 1 is 1.50 bits per heavy atom. The van der Waals surface area contributed by atoms with Crippen LogP contribution in [-0.2, 0) is 9.53 Å². The number of rotatable bonds is 5. The average Bonchev–Trinajstić information content (AvgIpc) is 2.58. The molecule has 1 aliphatic rings. The van der Waals surface area contributed by atoms with E-state index < -0.39 is 0 Å². The van der Waals surface area contributed by atoms with Crippen LogP contribution in [-0.4, -0.2) is 25.7 Å². The number of hydrogen-bond donors (Lipinski definition) is 1. The summed E-state index contributed by atoms with van der Waals surface area (Å²) in [5.74, 6) is 1.47. The van der Waals surface area contributed by atoms with Gasteiger partial charge < -0.3 is 10.1 Å². The van der Waals surface area contributed by atoms with E-state index in [1.54, 1.807) is 0 Å². The maximum Gasteiger partial charge on any atom is 0.246 e. The molecule has 1 rings (SSSR count). The van der Waals surface area contributed by atoms with Gasteiger partial charge in [-0.3, -0.25) is 4.79 Å². The molecule has 1 fully saturated rings. The summed E-state index contributed by atoms with van der Waals surface area (Å²) in [6.45, 7) is 5.80. The molecule has 1 N–H and O–H groups in total. The van der Waals surface area contributed by atoms with Crippen LogP contribution >= 0.6 is 0 Å². The molecule has 2 atom stereocenters. The van der Waals surface area contributed by atoms with Crippen LogP contribution in [0.25, 0.3) is 0 Å². The maximum atomic E-state index is 11.2. The van der Waals surface area contributed by atoms with Crippen molar-refractivity contribution in [1.29, 1.82) is 0 Å². The second kappa shape index (κ2) is 6.02. The van der Waals surface area contributed by atoms with Gasteiger partial charge >= 0.3 is 0 Å². The number of amides is 1. The molecule has 0 aromatic carbocycles. The molecule has 0 aromatic heterocycles. The smallest absolute Gasteiger partial charge is 0.246 e. The molecule has 0 radical (unpaired) electrons. The first-order valence-corrected chi connectivity index (χ1v) is 5.58. The lowest BCUT2D eigenvalue weighted by atomic mass is 9.98. The first-order chi connectivity index (χ1) is 6.74. The molecule has 1 aliphatic carbocycles. The number of carbonyl (C=O) groups excluding carboxylic acids is 1. The lowest BCUT2D eigenvalue weighted by Crippen LogP contribution is -2.33. The number of carbonyl (C=O) groups is 1. The summed E-state index contributed by atoms with van der Waals surface area (Å²) in [6, 6.07) is 0. The number of hydrogen-bond acceptors (Lipinski definition) is 2. The van der Waals surface area contributed by atoms with Crippen LogP contribution in [0.5, 0.6) is 0 Å². The van der Waals surface area contributed by atoms with Crippen LogP contribution in [0.1, 0.15) is 33.1 Å². The van der Waals surface area contributed by atoms with Crippen molar-refractivity contribution in [2.24, 2.45) is 11.8 Å². The topological polar surface area (TPSA) is 38.3 Å². The van der Waals surface area contributed by atoms with E-state index in [4.69, 9.17) is 4.74 Å². The summed E-state index contributed by atoms with van der Waals surface area (Å²) < 4.78 is 5.03. The Hall–Kier alpha value is -0.570. The van der Waals surface area contributed by atoms with Crippen molar-refractivity contribution in [3.05, 3.63) is 0 Å². The van der Waals surface area contributed by atoms with E-state index in [0.29, 0.717) is 12.5 Å². The molecule has 0 saturated heterocycles. The zero-order valence-electron chi connectivity index (χ0n) is 9.21. The molecule has 3 nitrogen and oxygen atoms in total. The molecular weight excluding hydrogens is 178 g/mol. The number of nitrogens with one attached hydrogen (secondary N) is 1. The molecule has 3 heteroatoms. The highest BCUT2D eigenvalue weighted by atomic mass is 16.5. The molecule has 0 aromatic rings. The normalized spacial score (nSPS) is 26.4. The highest BCUT2D eigenvalue weighted by Gasteiger charge is 2.23. The van der Waals surface area contributed by atoms with Gasteiger partial charge in [0.2, 0.25) is 5.91 Å². The summed E-state index contributed by atoms with van der Waals surface area (Å²) >= 11 is 0. The first-order valence-electron chi connectivity index (χ1n) is 5.58. The summed E-state index contributed by atoms with van der Waals surface area (Å²) in [7, 11) is 0. The van der Waals surface area contributed by atoms with Gasteiger partial charge in [0.25, 0.3) is 0 Å². The average molecular weight is 199 g/mol. The van der Waals surface area contributed by atoms with Crippen LogP contribution in [0, 0.1) is 11.8 Å². The van der Waals surface area contributed by atoms with E-state index in [2.05, 4.69) is 12.2 Å². The second-order valence-corrected chi connectivity index (χ2v) is 4.11. The monoisotopic (exact) mass is 199 g/mol. The van der Waals surface area contributed by atoms with Gasteiger partial charge in [0.1, 0.15) is 6.61 Å². The van der Waals surface area contributed by atoms with Crippen molar-refractivity contribution in [1.82, 2.24) is 5.32 Å². The Kier molecular flexibility index (Phi) is 4.94. The van der Waals surface area contributed by atoms with Crippen molar-refractivity contribution >= 4 is 5.91 Å². The minimum absolute atomic E-state index is 0.0194. The standard InChI is InChI=1S/C11H21NO2/c1-3-14-8-11(13)12-7-10-6-4-5-9(10)2/h9-10H,3-8H2,1-2H3,(H,12,13). The fraction of sp³-hybridized carbons (Fsp3) is 0.909. The van der Waals surface area contributed by atoms with Crippen molar-refractivity contribution in [3.8, 4) is 0 Å². The lowest BCUT2D eigenvalue weighted by molar-refractivity contribution is -0.125.